The second kappa shape index (κ2) is 17.0. The van der Waals surface area contributed by atoms with Gasteiger partial charge in [0.2, 0.25) is 5.91 Å². The van der Waals surface area contributed by atoms with E-state index in [0.717, 1.165) is 17.7 Å². The SMILES string of the molecule is CCCCCCCC/C=C\CCCCCCCC(=O)NCCN1C(=O)C=CC1=O. The molecule has 0 aromatic rings. The van der Waals surface area contributed by atoms with Crippen LogP contribution in [0.5, 0.6) is 0 Å². The predicted molar refractivity (Wildman–Crippen MR) is 118 cm³/mol. The number of nitrogens with zero attached hydrogens (tertiary/aromatic N) is 1. The summed E-state index contributed by atoms with van der Waals surface area (Å²) in [6, 6.07) is 0. The van der Waals surface area contributed by atoms with Gasteiger partial charge in [0.15, 0.2) is 0 Å². The maximum atomic E-state index is 11.8. The Hall–Kier alpha value is -1.91. The highest BCUT2D eigenvalue weighted by Gasteiger charge is 2.22. The standard InChI is InChI=1S/C24H40N2O3/c1-2-3-4-5-6-7-8-9-10-11-12-13-14-15-16-17-22(27)25-20-21-26-23(28)18-19-24(26)29/h9-10,18-19H,2-8,11-17,20-21H2,1H3,(H,25,27)/b10-9-. The van der Waals surface area contributed by atoms with E-state index in [4.69, 9.17) is 0 Å². The number of nitrogens with one attached hydrogen (secondary N) is 1. The normalized spacial score (nSPS) is 13.8. The molecule has 29 heavy (non-hydrogen) atoms. The zero-order valence-electron chi connectivity index (χ0n) is 18.3. The molecule has 0 bridgehead atoms. The number of carbonyl (C=O) groups is 3. The van der Waals surface area contributed by atoms with Gasteiger partial charge in [-0.15, -0.1) is 0 Å². The summed E-state index contributed by atoms with van der Waals surface area (Å²) in [6.45, 7) is 2.82. The molecule has 1 aliphatic heterocycles. The van der Waals surface area contributed by atoms with E-state index < -0.39 is 0 Å². The zero-order valence-corrected chi connectivity index (χ0v) is 18.3. The molecule has 0 aromatic carbocycles. The van der Waals surface area contributed by atoms with Crippen molar-refractivity contribution >= 4 is 17.7 Å². The third kappa shape index (κ3) is 13.0. The summed E-state index contributed by atoms with van der Waals surface area (Å²) in [4.78, 5) is 35.7. The molecule has 1 heterocycles. The summed E-state index contributed by atoms with van der Waals surface area (Å²) in [5.41, 5.74) is 0. The molecular weight excluding hydrogens is 364 g/mol. The molecular formula is C24H40N2O3. The van der Waals surface area contributed by atoms with E-state index in [-0.39, 0.29) is 24.3 Å². The molecule has 0 atom stereocenters. The van der Waals surface area contributed by atoms with Crippen molar-refractivity contribution in [3.63, 3.8) is 0 Å². The van der Waals surface area contributed by atoms with Gasteiger partial charge in [-0.25, -0.2) is 0 Å². The van der Waals surface area contributed by atoms with E-state index in [9.17, 15) is 14.4 Å². The number of unbranched alkanes of at least 4 members (excludes halogenated alkanes) is 11. The van der Waals surface area contributed by atoms with Gasteiger partial charge in [0.1, 0.15) is 0 Å². The van der Waals surface area contributed by atoms with E-state index in [1.165, 1.54) is 82.8 Å². The first-order valence-electron chi connectivity index (χ1n) is 11.6. The van der Waals surface area contributed by atoms with Crippen LogP contribution < -0.4 is 5.32 Å². The number of carbonyl (C=O) groups excluding carboxylic acids is 3. The fourth-order valence-corrected chi connectivity index (χ4v) is 3.40. The van der Waals surface area contributed by atoms with Gasteiger partial charge < -0.3 is 5.32 Å². The average Bonchev–Trinajstić information content (AvgIpc) is 3.03. The molecule has 5 nitrogen and oxygen atoms in total. The lowest BCUT2D eigenvalue weighted by Gasteiger charge is -2.13. The summed E-state index contributed by atoms with van der Waals surface area (Å²) in [5, 5.41) is 2.78. The monoisotopic (exact) mass is 404 g/mol. The molecule has 1 N–H and O–H groups in total. The molecule has 0 fully saturated rings. The number of rotatable bonds is 18. The molecule has 1 rings (SSSR count). The fraction of sp³-hybridized carbons (Fsp3) is 0.708. The van der Waals surface area contributed by atoms with Gasteiger partial charge in [-0.1, -0.05) is 70.4 Å². The van der Waals surface area contributed by atoms with Crippen molar-refractivity contribution in [1.82, 2.24) is 10.2 Å². The summed E-state index contributed by atoms with van der Waals surface area (Å²) >= 11 is 0. The van der Waals surface area contributed by atoms with Crippen LogP contribution in [0.2, 0.25) is 0 Å². The van der Waals surface area contributed by atoms with Crippen LogP contribution in [0.3, 0.4) is 0 Å². The average molecular weight is 405 g/mol. The molecule has 0 unspecified atom stereocenters. The smallest absolute Gasteiger partial charge is 0.253 e. The van der Waals surface area contributed by atoms with Crippen LogP contribution in [0.25, 0.3) is 0 Å². The van der Waals surface area contributed by atoms with Gasteiger partial charge >= 0.3 is 0 Å². The summed E-state index contributed by atoms with van der Waals surface area (Å²) in [7, 11) is 0. The van der Waals surface area contributed by atoms with Gasteiger partial charge in [0.05, 0.1) is 0 Å². The van der Waals surface area contributed by atoms with Crippen LogP contribution in [0.1, 0.15) is 96.8 Å². The van der Waals surface area contributed by atoms with E-state index in [0.29, 0.717) is 13.0 Å². The molecule has 0 spiro atoms. The highest BCUT2D eigenvalue weighted by molar-refractivity contribution is 6.12. The van der Waals surface area contributed by atoms with Crippen LogP contribution in [-0.4, -0.2) is 35.7 Å². The highest BCUT2D eigenvalue weighted by atomic mass is 16.2. The minimum atomic E-state index is -0.304. The first-order valence-corrected chi connectivity index (χ1v) is 11.6. The lowest BCUT2D eigenvalue weighted by atomic mass is 10.1. The van der Waals surface area contributed by atoms with Crippen LogP contribution >= 0.6 is 0 Å². The van der Waals surface area contributed by atoms with E-state index in [1.807, 2.05) is 0 Å². The first kappa shape index (κ1) is 25.1. The van der Waals surface area contributed by atoms with Crippen molar-refractivity contribution in [2.24, 2.45) is 0 Å². The quantitative estimate of drug-likeness (QED) is 0.197. The molecule has 0 aromatic heterocycles. The molecule has 164 valence electrons. The second-order valence-electron chi connectivity index (χ2n) is 7.85. The summed E-state index contributed by atoms with van der Waals surface area (Å²) in [5.74, 6) is -0.613. The van der Waals surface area contributed by atoms with Crippen LogP contribution in [0.15, 0.2) is 24.3 Å². The Balaban J connectivity index is 1.83. The van der Waals surface area contributed by atoms with Gasteiger partial charge in [0, 0.05) is 31.7 Å². The molecule has 5 heteroatoms. The topological polar surface area (TPSA) is 66.5 Å². The van der Waals surface area contributed by atoms with Crippen molar-refractivity contribution in [3.8, 4) is 0 Å². The largest absolute Gasteiger partial charge is 0.354 e. The first-order chi connectivity index (χ1) is 14.1. The fourth-order valence-electron chi connectivity index (χ4n) is 3.40. The Kier molecular flexibility index (Phi) is 14.7. The van der Waals surface area contributed by atoms with Crippen LogP contribution in [0.4, 0.5) is 0 Å². The molecule has 0 aliphatic carbocycles. The van der Waals surface area contributed by atoms with Gasteiger partial charge in [-0.2, -0.15) is 0 Å². The minimum absolute atomic E-state index is 0.00492. The van der Waals surface area contributed by atoms with Gasteiger partial charge in [-0.3, -0.25) is 19.3 Å². The van der Waals surface area contributed by atoms with Crippen LogP contribution in [-0.2, 0) is 14.4 Å². The molecule has 0 saturated heterocycles. The Morgan fingerprint density at radius 2 is 1.34 bits per heavy atom. The van der Waals surface area contributed by atoms with Gasteiger partial charge in [-0.05, 0) is 32.1 Å². The minimum Gasteiger partial charge on any atom is -0.354 e. The van der Waals surface area contributed by atoms with Crippen LogP contribution in [0, 0.1) is 0 Å². The van der Waals surface area contributed by atoms with Crippen molar-refractivity contribution in [2.75, 3.05) is 13.1 Å². The maximum absolute atomic E-state index is 11.8. The summed E-state index contributed by atoms with van der Waals surface area (Å²) < 4.78 is 0. The van der Waals surface area contributed by atoms with Crippen molar-refractivity contribution in [3.05, 3.63) is 24.3 Å². The Morgan fingerprint density at radius 3 is 1.93 bits per heavy atom. The third-order valence-corrected chi connectivity index (χ3v) is 5.22. The third-order valence-electron chi connectivity index (χ3n) is 5.22. The second-order valence-corrected chi connectivity index (χ2v) is 7.85. The van der Waals surface area contributed by atoms with E-state index >= 15 is 0 Å². The van der Waals surface area contributed by atoms with E-state index in [1.54, 1.807) is 0 Å². The predicted octanol–water partition coefficient (Wildman–Crippen LogP) is 5.07. The van der Waals surface area contributed by atoms with Gasteiger partial charge in [0.25, 0.3) is 11.8 Å². The lowest BCUT2D eigenvalue weighted by Crippen LogP contribution is -2.38. The Morgan fingerprint density at radius 1 is 0.828 bits per heavy atom. The lowest BCUT2D eigenvalue weighted by molar-refractivity contribution is -0.137. The zero-order chi connectivity index (χ0) is 21.2. The van der Waals surface area contributed by atoms with Crippen molar-refractivity contribution in [2.45, 2.75) is 96.8 Å². The molecule has 1 aliphatic rings. The van der Waals surface area contributed by atoms with Crippen molar-refractivity contribution < 1.29 is 14.4 Å². The van der Waals surface area contributed by atoms with E-state index in [2.05, 4.69) is 24.4 Å². The molecule has 0 saturated carbocycles. The number of hydrogen-bond acceptors (Lipinski definition) is 3. The molecule has 0 radical (unpaired) electrons. The number of hydrogen-bond donors (Lipinski definition) is 1. The maximum Gasteiger partial charge on any atom is 0.253 e. The Bertz CT molecular complexity index is 522. The number of amides is 3. The highest BCUT2D eigenvalue weighted by Crippen LogP contribution is 2.10. The number of allylic oxidation sites excluding steroid dienone is 2. The Labute approximate surface area is 177 Å². The molecule has 3 amide bonds. The summed E-state index contributed by atoms with van der Waals surface area (Å²) in [6.07, 6.45) is 23.8. The number of imide groups is 1. The van der Waals surface area contributed by atoms with Crippen molar-refractivity contribution in [1.29, 1.82) is 0 Å².